The molecule has 0 fully saturated rings. The molecule has 0 radical (unpaired) electrons. The predicted molar refractivity (Wildman–Crippen MR) is 82.4 cm³/mol. The van der Waals surface area contributed by atoms with Crippen LogP contribution in [-0.2, 0) is 6.54 Å². The molecule has 4 rings (SSSR count). The van der Waals surface area contributed by atoms with E-state index in [1.807, 2.05) is 24.4 Å². The first kappa shape index (κ1) is 13.8. The molecule has 0 unspecified atom stereocenters. The molecule has 0 amide bonds. The summed E-state index contributed by atoms with van der Waals surface area (Å²) in [5, 5.41) is 22.4. The van der Waals surface area contributed by atoms with Gasteiger partial charge in [0.25, 0.3) is 0 Å². The third-order valence-electron chi connectivity index (χ3n) is 3.12. The lowest BCUT2D eigenvalue weighted by Crippen LogP contribution is -2.01. The molecule has 0 aliphatic carbocycles. The highest BCUT2D eigenvalue weighted by molar-refractivity contribution is 7.99. The van der Waals surface area contributed by atoms with Crippen LogP contribution in [0.4, 0.5) is 0 Å². The van der Waals surface area contributed by atoms with Crippen LogP contribution in [0.15, 0.2) is 46.5 Å². The van der Waals surface area contributed by atoms with E-state index >= 15 is 0 Å². The lowest BCUT2D eigenvalue weighted by atomic mass is 10.3. The number of aromatic nitrogens is 8. The Morgan fingerprint density at radius 1 is 1.13 bits per heavy atom. The van der Waals surface area contributed by atoms with Crippen molar-refractivity contribution in [2.45, 2.75) is 11.7 Å². The van der Waals surface area contributed by atoms with Crippen LogP contribution in [0.3, 0.4) is 0 Å². The summed E-state index contributed by atoms with van der Waals surface area (Å²) in [6, 6.07) is 5.59. The van der Waals surface area contributed by atoms with E-state index in [2.05, 4.69) is 35.7 Å². The fraction of sp³-hybridized carbons (Fsp3) is 0.154. The van der Waals surface area contributed by atoms with E-state index in [0.29, 0.717) is 23.8 Å². The number of rotatable bonds is 6. The second-order valence-electron chi connectivity index (χ2n) is 4.64. The van der Waals surface area contributed by atoms with Crippen LogP contribution in [0.1, 0.15) is 0 Å². The first-order chi connectivity index (χ1) is 11.4. The van der Waals surface area contributed by atoms with Crippen molar-refractivity contribution >= 4 is 11.8 Å². The van der Waals surface area contributed by atoms with Crippen molar-refractivity contribution in [3.05, 3.63) is 36.9 Å². The second-order valence-corrected chi connectivity index (χ2v) is 5.72. The largest absolute Gasteiger partial charge is 0.453 e. The maximum Gasteiger partial charge on any atom is 0.183 e. The summed E-state index contributed by atoms with van der Waals surface area (Å²) in [6.07, 6.45) is 5.03. The van der Waals surface area contributed by atoms with Gasteiger partial charge in [-0.25, -0.2) is 4.98 Å². The smallest absolute Gasteiger partial charge is 0.183 e. The lowest BCUT2D eigenvalue weighted by Gasteiger charge is -1.97. The van der Waals surface area contributed by atoms with Crippen molar-refractivity contribution in [1.82, 2.24) is 40.4 Å². The van der Waals surface area contributed by atoms with E-state index in [4.69, 9.17) is 4.42 Å². The van der Waals surface area contributed by atoms with Gasteiger partial charge in [-0.15, -0.1) is 5.10 Å². The lowest BCUT2D eigenvalue weighted by molar-refractivity contribution is 0.592. The fourth-order valence-corrected chi connectivity index (χ4v) is 2.74. The van der Waals surface area contributed by atoms with Gasteiger partial charge in [-0.1, -0.05) is 17.0 Å². The molecule has 4 aromatic rings. The number of aryl methyl sites for hydroxylation is 1. The average Bonchev–Trinajstić information content (AvgIpc) is 3.33. The standard InChI is InChI=1S/C13H12N8OS/c1-2-12(22-11(1)9-3-4-15-17-9)10-7-21(20-18-10)5-6-23-13-14-8-16-19-13/h1-4,7-8H,5-6H2,(H,15,17)(H,14,16,19). The minimum Gasteiger partial charge on any atom is -0.453 e. The molecular formula is C13H12N8OS. The van der Waals surface area contributed by atoms with Crippen LogP contribution in [0.5, 0.6) is 0 Å². The molecule has 0 atom stereocenters. The van der Waals surface area contributed by atoms with Gasteiger partial charge in [0.05, 0.1) is 12.7 Å². The maximum absolute atomic E-state index is 5.78. The normalized spacial score (nSPS) is 11.1. The first-order valence-electron chi connectivity index (χ1n) is 6.87. The molecule has 9 nitrogen and oxygen atoms in total. The summed E-state index contributed by atoms with van der Waals surface area (Å²) in [5.74, 6) is 2.20. The fourth-order valence-electron chi connectivity index (χ4n) is 2.03. The zero-order valence-electron chi connectivity index (χ0n) is 11.9. The number of H-pyrrole nitrogens is 2. The zero-order valence-corrected chi connectivity index (χ0v) is 12.7. The van der Waals surface area contributed by atoms with Gasteiger partial charge >= 0.3 is 0 Å². The molecule has 0 spiro atoms. The Kier molecular flexibility index (Phi) is 3.64. The number of hydrogen-bond donors (Lipinski definition) is 2. The molecule has 2 N–H and O–H groups in total. The molecule has 23 heavy (non-hydrogen) atoms. The van der Waals surface area contributed by atoms with Gasteiger partial charge in [0.2, 0.25) is 0 Å². The van der Waals surface area contributed by atoms with Crippen LogP contribution in [0.2, 0.25) is 0 Å². The number of nitrogens with zero attached hydrogens (tertiary/aromatic N) is 6. The van der Waals surface area contributed by atoms with E-state index in [-0.39, 0.29) is 0 Å². The van der Waals surface area contributed by atoms with E-state index in [0.717, 1.165) is 16.6 Å². The van der Waals surface area contributed by atoms with Crippen LogP contribution >= 0.6 is 11.8 Å². The van der Waals surface area contributed by atoms with Gasteiger partial charge in [0.15, 0.2) is 16.7 Å². The van der Waals surface area contributed by atoms with Crippen molar-refractivity contribution in [2.24, 2.45) is 0 Å². The Labute approximate surface area is 134 Å². The van der Waals surface area contributed by atoms with Gasteiger partial charge < -0.3 is 4.42 Å². The summed E-state index contributed by atoms with van der Waals surface area (Å²) in [7, 11) is 0. The Hall–Kier alpha value is -2.88. The minimum atomic E-state index is 0.670. The maximum atomic E-state index is 5.78. The number of furan rings is 1. The number of thioether (sulfide) groups is 1. The van der Waals surface area contributed by atoms with Gasteiger partial charge in [-0.2, -0.15) is 10.2 Å². The molecule has 0 aromatic carbocycles. The average molecular weight is 328 g/mol. The number of aromatic amines is 2. The van der Waals surface area contributed by atoms with Crippen molar-refractivity contribution in [3.63, 3.8) is 0 Å². The van der Waals surface area contributed by atoms with Gasteiger partial charge in [-0.05, 0) is 18.2 Å². The Morgan fingerprint density at radius 3 is 2.91 bits per heavy atom. The third kappa shape index (κ3) is 3.01. The highest BCUT2D eigenvalue weighted by Crippen LogP contribution is 2.25. The third-order valence-corrected chi connectivity index (χ3v) is 3.97. The Bertz CT molecular complexity index is 864. The Balaban J connectivity index is 1.41. The highest BCUT2D eigenvalue weighted by Gasteiger charge is 2.11. The molecule has 0 bridgehead atoms. The molecule has 10 heteroatoms. The molecule has 0 saturated heterocycles. The topological polar surface area (TPSA) is 114 Å². The zero-order chi connectivity index (χ0) is 15.5. The van der Waals surface area contributed by atoms with Crippen LogP contribution in [-0.4, -0.2) is 46.1 Å². The van der Waals surface area contributed by atoms with Gasteiger partial charge in [-0.3, -0.25) is 14.9 Å². The number of nitrogens with one attached hydrogen (secondary N) is 2. The summed E-state index contributed by atoms with van der Waals surface area (Å²) in [5.41, 5.74) is 1.52. The molecule has 0 aliphatic heterocycles. The van der Waals surface area contributed by atoms with Crippen LogP contribution in [0, 0.1) is 0 Å². The highest BCUT2D eigenvalue weighted by atomic mass is 32.2. The number of hydrogen-bond acceptors (Lipinski definition) is 7. The summed E-state index contributed by atoms with van der Waals surface area (Å²) in [4.78, 5) is 4.06. The first-order valence-corrected chi connectivity index (χ1v) is 7.85. The van der Waals surface area contributed by atoms with Crippen LogP contribution in [0.25, 0.3) is 22.9 Å². The molecule has 4 heterocycles. The van der Waals surface area contributed by atoms with Crippen molar-refractivity contribution in [3.8, 4) is 22.9 Å². The van der Waals surface area contributed by atoms with E-state index in [9.17, 15) is 0 Å². The van der Waals surface area contributed by atoms with E-state index < -0.39 is 0 Å². The van der Waals surface area contributed by atoms with Crippen LogP contribution < -0.4 is 0 Å². The van der Waals surface area contributed by atoms with Gasteiger partial charge in [0.1, 0.15) is 17.7 Å². The van der Waals surface area contributed by atoms with Crippen molar-refractivity contribution in [2.75, 3.05) is 5.75 Å². The predicted octanol–water partition coefficient (Wildman–Crippen LogP) is 1.84. The second kappa shape index (κ2) is 6.08. The quantitative estimate of drug-likeness (QED) is 0.519. The van der Waals surface area contributed by atoms with E-state index in [1.165, 1.54) is 6.33 Å². The monoisotopic (exact) mass is 328 g/mol. The molecular weight excluding hydrogens is 316 g/mol. The molecule has 4 aromatic heterocycles. The minimum absolute atomic E-state index is 0.670. The van der Waals surface area contributed by atoms with E-state index in [1.54, 1.807) is 22.6 Å². The molecule has 0 aliphatic rings. The van der Waals surface area contributed by atoms with Crippen molar-refractivity contribution < 1.29 is 4.42 Å². The Morgan fingerprint density at radius 2 is 2.09 bits per heavy atom. The van der Waals surface area contributed by atoms with Gasteiger partial charge in [0, 0.05) is 11.9 Å². The SMILES string of the molecule is c1cc(-c2ccc(-c3cn(CCSc4ncn[nH]4)nn3)o2)[nH]n1. The summed E-state index contributed by atoms with van der Waals surface area (Å²) < 4.78 is 7.55. The summed E-state index contributed by atoms with van der Waals surface area (Å²) >= 11 is 1.58. The molecule has 116 valence electrons. The van der Waals surface area contributed by atoms with Crippen molar-refractivity contribution in [1.29, 1.82) is 0 Å². The molecule has 0 saturated carbocycles. The summed E-state index contributed by atoms with van der Waals surface area (Å²) in [6.45, 7) is 0.715.